The van der Waals surface area contributed by atoms with Gasteiger partial charge in [-0.25, -0.2) is 0 Å². The zero-order chi connectivity index (χ0) is 12.3. The van der Waals surface area contributed by atoms with E-state index in [4.69, 9.17) is 0 Å². The number of aryl methyl sites for hydroxylation is 1. The van der Waals surface area contributed by atoms with Crippen LogP contribution in [0.5, 0.6) is 0 Å². The van der Waals surface area contributed by atoms with Gasteiger partial charge in [0.25, 0.3) is 0 Å². The zero-order valence-corrected chi connectivity index (χ0v) is 11.6. The Morgan fingerprint density at radius 1 is 1.41 bits per heavy atom. The third kappa shape index (κ3) is 3.09. The van der Waals surface area contributed by atoms with Crippen molar-refractivity contribution >= 4 is 11.3 Å². The fourth-order valence-electron chi connectivity index (χ4n) is 2.58. The van der Waals surface area contributed by atoms with E-state index in [-0.39, 0.29) is 0 Å². The second kappa shape index (κ2) is 5.51. The van der Waals surface area contributed by atoms with E-state index in [0.29, 0.717) is 6.04 Å². The van der Waals surface area contributed by atoms with Gasteiger partial charge >= 0.3 is 0 Å². The standard InChI is InChI=1S/C14H23NOS/c1-3-10-15-12-6-8-14(16,9-7-12)13-5-4-11(2)17-13/h4-5,12,15-16H,3,6-10H2,1-2H3. The summed E-state index contributed by atoms with van der Waals surface area (Å²) >= 11 is 1.74. The van der Waals surface area contributed by atoms with Crippen LogP contribution in [0.1, 0.15) is 48.8 Å². The molecule has 2 N–H and O–H groups in total. The highest BCUT2D eigenvalue weighted by molar-refractivity contribution is 7.12. The first-order valence-corrected chi connectivity index (χ1v) is 7.48. The Labute approximate surface area is 108 Å². The van der Waals surface area contributed by atoms with Gasteiger partial charge in [-0.15, -0.1) is 11.3 Å². The topological polar surface area (TPSA) is 32.3 Å². The van der Waals surface area contributed by atoms with Gasteiger partial charge in [0.2, 0.25) is 0 Å². The first-order valence-electron chi connectivity index (χ1n) is 6.67. The quantitative estimate of drug-likeness (QED) is 0.864. The smallest absolute Gasteiger partial charge is 0.0989 e. The molecule has 1 heterocycles. The number of hydrogen-bond donors (Lipinski definition) is 2. The summed E-state index contributed by atoms with van der Waals surface area (Å²) in [5.74, 6) is 0. The maximum Gasteiger partial charge on any atom is 0.0989 e. The Balaban J connectivity index is 1.93. The lowest BCUT2D eigenvalue weighted by atomic mass is 9.81. The largest absolute Gasteiger partial charge is 0.384 e. The van der Waals surface area contributed by atoms with Crippen LogP contribution < -0.4 is 5.32 Å². The third-order valence-corrected chi connectivity index (χ3v) is 4.89. The highest BCUT2D eigenvalue weighted by Gasteiger charge is 2.35. The molecule has 0 unspecified atom stereocenters. The lowest BCUT2D eigenvalue weighted by molar-refractivity contribution is -0.00495. The van der Waals surface area contributed by atoms with Crippen LogP contribution in [0.25, 0.3) is 0 Å². The van der Waals surface area contributed by atoms with Crippen molar-refractivity contribution in [1.82, 2.24) is 5.32 Å². The van der Waals surface area contributed by atoms with E-state index in [1.807, 2.05) is 0 Å². The van der Waals surface area contributed by atoms with Gasteiger partial charge in [0, 0.05) is 15.8 Å². The summed E-state index contributed by atoms with van der Waals surface area (Å²) in [7, 11) is 0. The number of rotatable bonds is 4. The van der Waals surface area contributed by atoms with Gasteiger partial charge in [0.15, 0.2) is 0 Å². The molecule has 1 fully saturated rings. The Kier molecular flexibility index (Phi) is 4.23. The molecule has 0 saturated heterocycles. The molecule has 96 valence electrons. The number of hydrogen-bond acceptors (Lipinski definition) is 3. The summed E-state index contributed by atoms with van der Waals surface area (Å²) in [5, 5.41) is 14.2. The summed E-state index contributed by atoms with van der Waals surface area (Å²) in [4.78, 5) is 2.45. The predicted octanol–water partition coefficient (Wildman–Crippen LogP) is 3.19. The maximum atomic E-state index is 10.7. The van der Waals surface area contributed by atoms with Crippen molar-refractivity contribution in [3.05, 3.63) is 21.9 Å². The molecule has 0 radical (unpaired) electrons. The fourth-order valence-corrected chi connectivity index (χ4v) is 3.59. The van der Waals surface area contributed by atoms with Crippen LogP contribution in [0.3, 0.4) is 0 Å². The van der Waals surface area contributed by atoms with E-state index < -0.39 is 5.60 Å². The van der Waals surface area contributed by atoms with Gasteiger partial charge in [0.1, 0.15) is 0 Å². The Morgan fingerprint density at radius 3 is 2.65 bits per heavy atom. The van der Waals surface area contributed by atoms with Crippen molar-refractivity contribution in [2.75, 3.05) is 6.54 Å². The minimum atomic E-state index is -0.552. The molecule has 1 aromatic heterocycles. The van der Waals surface area contributed by atoms with Crippen molar-refractivity contribution in [2.45, 2.75) is 57.6 Å². The van der Waals surface area contributed by atoms with Crippen molar-refractivity contribution in [3.63, 3.8) is 0 Å². The van der Waals surface area contributed by atoms with Gasteiger partial charge in [-0.1, -0.05) is 6.92 Å². The van der Waals surface area contributed by atoms with Crippen LogP contribution in [0, 0.1) is 6.92 Å². The molecule has 3 heteroatoms. The molecule has 1 saturated carbocycles. The van der Waals surface area contributed by atoms with E-state index in [1.165, 1.54) is 11.3 Å². The third-order valence-electron chi connectivity index (χ3n) is 3.69. The Bertz CT molecular complexity index is 353. The second-order valence-electron chi connectivity index (χ2n) is 5.17. The minimum Gasteiger partial charge on any atom is -0.384 e. The van der Waals surface area contributed by atoms with Gasteiger partial charge in [0.05, 0.1) is 5.60 Å². The molecule has 17 heavy (non-hydrogen) atoms. The molecule has 1 aliphatic carbocycles. The lowest BCUT2D eigenvalue weighted by Crippen LogP contribution is -2.39. The highest BCUT2D eigenvalue weighted by atomic mass is 32.1. The predicted molar refractivity (Wildman–Crippen MR) is 73.5 cm³/mol. The summed E-state index contributed by atoms with van der Waals surface area (Å²) < 4.78 is 0. The lowest BCUT2D eigenvalue weighted by Gasteiger charge is -2.35. The zero-order valence-electron chi connectivity index (χ0n) is 10.8. The number of thiophene rings is 1. The number of aliphatic hydroxyl groups is 1. The fraction of sp³-hybridized carbons (Fsp3) is 0.714. The van der Waals surface area contributed by atoms with Gasteiger partial charge in [-0.05, 0) is 57.7 Å². The van der Waals surface area contributed by atoms with Crippen LogP contribution in [0.4, 0.5) is 0 Å². The molecule has 1 aliphatic rings. The van der Waals surface area contributed by atoms with E-state index >= 15 is 0 Å². The molecule has 0 amide bonds. The van der Waals surface area contributed by atoms with Crippen LogP contribution in [0.2, 0.25) is 0 Å². The van der Waals surface area contributed by atoms with Crippen molar-refractivity contribution in [3.8, 4) is 0 Å². The molecule has 0 atom stereocenters. The van der Waals surface area contributed by atoms with Gasteiger partial charge in [-0.3, -0.25) is 0 Å². The Hall–Kier alpha value is -0.380. The molecule has 0 aromatic carbocycles. The van der Waals surface area contributed by atoms with Crippen LogP contribution >= 0.6 is 11.3 Å². The van der Waals surface area contributed by atoms with E-state index in [9.17, 15) is 5.11 Å². The average Bonchev–Trinajstić information content (AvgIpc) is 2.76. The molecule has 0 spiro atoms. The maximum absolute atomic E-state index is 10.7. The first kappa shape index (κ1) is 13.1. The summed E-state index contributed by atoms with van der Waals surface area (Å²) in [5.41, 5.74) is -0.552. The molecule has 0 bridgehead atoms. The molecule has 2 rings (SSSR count). The SMILES string of the molecule is CCCNC1CCC(O)(c2ccc(C)s2)CC1. The molecule has 2 nitrogen and oxygen atoms in total. The van der Waals surface area contributed by atoms with Crippen molar-refractivity contribution < 1.29 is 5.11 Å². The normalized spacial score (nSPS) is 29.5. The van der Waals surface area contributed by atoms with Crippen LogP contribution in [-0.4, -0.2) is 17.7 Å². The van der Waals surface area contributed by atoms with Crippen molar-refractivity contribution in [2.24, 2.45) is 0 Å². The van der Waals surface area contributed by atoms with E-state index in [2.05, 4.69) is 31.3 Å². The summed E-state index contributed by atoms with van der Waals surface area (Å²) in [6, 6.07) is 4.82. The van der Waals surface area contributed by atoms with E-state index in [1.54, 1.807) is 11.3 Å². The van der Waals surface area contributed by atoms with Crippen molar-refractivity contribution in [1.29, 1.82) is 0 Å². The first-order chi connectivity index (χ1) is 8.14. The number of nitrogens with one attached hydrogen (secondary N) is 1. The molecular formula is C14H23NOS. The van der Waals surface area contributed by atoms with E-state index in [0.717, 1.165) is 37.1 Å². The molecular weight excluding hydrogens is 230 g/mol. The average molecular weight is 253 g/mol. The summed E-state index contributed by atoms with van der Waals surface area (Å²) in [6.07, 6.45) is 5.16. The summed E-state index contributed by atoms with van der Waals surface area (Å²) in [6.45, 7) is 5.40. The molecule has 0 aliphatic heterocycles. The molecule has 1 aromatic rings. The van der Waals surface area contributed by atoms with Crippen LogP contribution in [0.15, 0.2) is 12.1 Å². The van der Waals surface area contributed by atoms with Gasteiger partial charge < -0.3 is 10.4 Å². The monoisotopic (exact) mass is 253 g/mol. The van der Waals surface area contributed by atoms with Crippen LogP contribution in [-0.2, 0) is 5.60 Å². The second-order valence-corrected chi connectivity index (χ2v) is 6.46. The highest BCUT2D eigenvalue weighted by Crippen LogP contribution is 2.40. The van der Waals surface area contributed by atoms with Gasteiger partial charge in [-0.2, -0.15) is 0 Å². The Morgan fingerprint density at radius 2 is 2.12 bits per heavy atom. The minimum absolute atomic E-state index is 0.552.